The van der Waals surface area contributed by atoms with Crippen molar-refractivity contribution in [1.29, 1.82) is 0 Å². The molecule has 0 radical (unpaired) electrons. The lowest BCUT2D eigenvalue weighted by atomic mass is 10.2. The zero-order chi connectivity index (χ0) is 10.8. The normalized spacial score (nSPS) is 17.1. The van der Waals surface area contributed by atoms with E-state index in [1.807, 2.05) is 7.05 Å². The fourth-order valence-corrected chi connectivity index (χ4v) is 1.50. The Morgan fingerprint density at radius 2 is 2.33 bits per heavy atom. The van der Waals surface area contributed by atoms with E-state index in [4.69, 9.17) is 10.5 Å². The molecule has 0 spiro atoms. The molecular formula is C10H13N3O2. The van der Waals surface area contributed by atoms with Gasteiger partial charge in [-0.25, -0.2) is 4.98 Å². The molecule has 1 fully saturated rings. The molecule has 0 bridgehead atoms. The van der Waals surface area contributed by atoms with Gasteiger partial charge in [0.1, 0.15) is 17.5 Å². The molecule has 5 heteroatoms. The van der Waals surface area contributed by atoms with Crippen molar-refractivity contribution in [2.75, 3.05) is 20.1 Å². The van der Waals surface area contributed by atoms with Crippen LogP contribution in [0, 0.1) is 0 Å². The van der Waals surface area contributed by atoms with Gasteiger partial charge in [-0.1, -0.05) is 0 Å². The van der Waals surface area contributed by atoms with Crippen LogP contribution in [0.3, 0.4) is 0 Å². The molecule has 0 aromatic carbocycles. The van der Waals surface area contributed by atoms with Crippen molar-refractivity contribution in [1.82, 2.24) is 9.88 Å². The van der Waals surface area contributed by atoms with Crippen LogP contribution in [0.1, 0.15) is 10.5 Å². The maximum atomic E-state index is 10.8. The molecule has 0 saturated carbocycles. The van der Waals surface area contributed by atoms with Crippen molar-refractivity contribution in [3.63, 3.8) is 0 Å². The molecule has 5 nitrogen and oxygen atoms in total. The summed E-state index contributed by atoms with van der Waals surface area (Å²) in [5.74, 6) is 0.156. The first kappa shape index (κ1) is 9.92. The number of amides is 1. The summed E-state index contributed by atoms with van der Waals surface area (Å²) in [4.78, 5) is 16.8. The largest absolute Gasteiger partial charge is 0.486 e. The number of likely N-dealkylation sites (tertiary alicyclic amines) is 1. The van der Waals surface area contributed by atoms with Gasteiger partial charge in [0, 0.05) is 13.1 Å². The van der Waals surface area contributed by atoms with Gasteiger partial charge in [0.15, 0.2) is 0 Å². The van der Waals surface area contributed by atoms with Crippen molar-refractivity contribution in [2.45, 2.75) is 6.10 Å². The third-order valence-electron chi connectivity index (χ3n) is 2.32. The maximum absolute atomic E-state index is 10.8. The summed E-state index contributed by atoms with van der Waals surface area (Å²) in [6.07, 6.45) is 1.76. The Morgan fingerprint density at radius 3 is 2.80 bits per heavy atom. The SMILES string of the molecule is CN1CC(Oc2ccc(C(N)=O)nc2)C1. The number of pyridine rings is 1. The van der Waals surface area contributed by atoms with Gasteiger partial charge in [-0.05, 0) is 19.2 Å². The monoisotopic (exact) mass is 207 g/mol. The summed E-state index contributed by atoms with van der Waals surface area (Å²) < 4.78 is 5.60. The number of primary amides is 1. The second kappa shape index (κ2) is 3.86. The molecule has 1 aliphatic heterocycles. The van der Waals surface area contributed by atoms with E-state index < -0.39 is 5.91 Å². The van der Waals surface area contributed by atoms with Gasteiger partial charge in [0.25, 0.3) is 5.91 Å². The van der Waals surface area contributed by atoms with Gasteiger partial charge in [0.05, 0.1) is 6.20 Å². The molecule has 0 aliphatic carbocycles. The Labute approximate surface area is 87.8 Å². The first-order valence-electron chi connectivity index (χ1n) is 4.76. The fourth-order valence-electron chi connectivity index (χ4n) is 1.50. The Bertz CT molecular complexity index is 357. The van der Waals surface area contributed by atoms with Crippen LogP contribution >= 0.6 is 0 Å². The average molecular weight is 207 g/mol. The van der Waals surface area contributed by atoms with E-state index in [2.05, 4.69) is 9.88 Å². The van der Waals surface area contributed by atoms with Crippen LogP contribution in [0.4, 0.5) is 0 Å². The highest BCUT2D eigenvalue weighted by Crippen LogP contribution is 2.15. The minimum absolute atomic E-state index is 0.233. The van der Waals surface area contributed by atoms with E-state index in [-0.39, 0.29) is 11.8 Å². The number of ether oxygens (including phenoxy) is 1. The summed E-state index contributed by atoms with van der Waals surface area (Å²) in [7, 11) is 2.04. The summed E-state index contributed by atoms with van der Waals surface area (Å²) in [6.45, 7) is 1.86. The molecule has 0 atom stereocenters. The third-order valence-corrected chi connectivity index (χ3v) is 2.32. The van der Waals surface area contributed by atoms with Crippen LogP contribution < -0.4 is 10.5 Å². The molecule has 2 N–H and O–H groups in total. The van der Waals surface area contributed by atoms with Crippen LogP contribution in [-0.4, -0.2) is 42.0 Å². The van der Waals surface area contributed by atoms with E-state index in [1.54, 1.807) is 12.1 Å². The minimum atomic E-state index is -0.523. The van der Waals surface area contributed by atoms with Gasteiger partial charge >= 0.3 is 0 Å². The van der Waals surface area contributed by atoms with Gasteiger partial charge < -0.3 is 10.5 Å². The zero-order valence-corrected chi connectivity index (χ0v) is 8.51. The lowest BCUT2D eigenvalue weighted by molar-refractivity contribution is 0.0385. The number of hydrogen-bond donors (Lipinski definition) is 1. The standard InChI is InChI=1S/C10H13N3O2/c1-13-5-8(6-13)15-7-2-3-9(10(11)14)12-4-7/h2-4,8H,5-6H2,1H3,(H2,11,14). The van der Waals surface area contributed by atoms with E-state index in [1.165, 1.54) is 6.20 Å². The van der Waals surface area contributed by atoms with Crippen LogP contribution in [-0.2, 0) is 0 Å². The van der Waals surface area contributed by atoms with E-state index in [9.17, 15) is 4.79 Å². The quantitative estimate of drug-likeness (QED) is 0.749. The summed E-state index contributed by atoms with van der Waals surface area (Å²) in [6, 6.07) is 3.28. The molecule has 1 amide bonds. The van der Waals surface area contributed by atoms with Crippen molar-refractivity contribution >= 4 is 5.91 Å². The van der Waals surface area contributed by atoms with Gasteiger partial charge in [-0.3, -0.25) is 9.69 Å². The summed E-state index contributed by atoms with van der Waals surface area (Å²) in [5, 5.41) is 0. The molecule has 1 aliphatic rings. The van der Waals surface area contributed by atoms with Gasteiger partial charge in [0.2, 0.25) is 0 Å². The Morgan fingerprint density at radius 1 is 1.60 bits per heavy atom. The number of hydrogen-bond acceptors (Lipinski definition) is 4. The number of likely N-dealkylation sites (N-methyl/N-ethyl adjacent to an activating group) is 1. The van der Waals surface area contributed by atoms with E-state index in [0.29, 0.717) is 5.75 Å². The zero-order valence-electron chi connectivity index (χ0n) is 8.51. The first-order chi connectivity index (χ1) is 7.15. The van der Waals surface area contributed by atoms with E-state index in [0.717, 1.165) is 13.1 Å². The van der Waals surface area contributed by atoms with Crippen LogP contribution in [0.15, 0.2) is 18.3 Å². The van der Waals surface area contributed by atoms with Crippen molar-refractivity contribution in [3.05, 3.63) is 24.0 Å². The lowest BCUT2D eigenvalue weighted by Gasteiger charge is -2.35. The van der Waals surface area contributed by atoms with Crippen molar-refractivity contribution < 1.29 is 9.53 Å². The predicted octanol–water partition coefficient (Wildman–Crippen LogP) is -0.127. The number of nitrogens with two attached hydrogens (primary N) is 1. The first-order valence-corrected chi connectivity index (χ1v) is 4.76. The average Bonchev–Trinajstić information content (AvgIpc) is 2.16. The lowest BCUT2D eigenvalue weighted by Crippen LogP contribution is -2.51. The second-order valence-electron chi connectivity index (χ2n) is 3.70. The predicted molar refractivity (Wildman–Crippen MR) is 54.7 cm³/mol. The maximum Gasteiger partial charge on any atom is 0.267 e. The Kier molecular flexibility index (Phi) is 2.55. The highest BCUT2D eigenvalue weighted by Gasteiger charge is 2.24. The molecule has 0 unspecified atom stereocenters. The van der Waals surface area contributed by atoms with Crippen molar-refractivity contribution in [2.24, 2.45) is 5.73 Å². The molecule has 1 aromatic rings. The summed E-state index contributed by atoms with van der Waals surface area (Å²) >= 11 is 0. The van der Waals surface area contributed by atoms with Crippen LogP contribution in [0.2, 0.25) is 0 Å². The van der Waals surface area contributed by atoms with E-state index >= 15 is 0 Å². The number of nitrogens with zero attached hydrogens (tertiary/aromatic N) is 2. The van der Waals surface area contributed by atoms with Crippen molar-refractivity contribution in [3.8, 4) is 5.75 Å². The third kappa shape index (κ3) is 2.24. The minimum Gasteiger partial charge on any atom is -0.486 e. The highest BCUT2D eigenvalue weighted by atomic mass is 16.5. The summed E-state index contributed by atoms with van der Waals surface area (Å²) in [5.41, 5.74) is 5.33. The topological polar surface area (TPSA) is 68.5 Å². The molecule has 80 valence electrons. The molecule has 2 rings (SSSR count). The Hall–Kier alpha value is -1.62. The Balaban J connectivity index is 1.95. The fraction of sp³-hybridized carbons (Fsp3) is 0.400. The number of carbonyl (C=O) groups excluding carboxylic acids is 1. The molecule has 2 heterocycles. The smallest absolute Gasteiger partial charge is 0.267 e. The molecular weight excluding hydrogens is 194 g/mol. The number of carbonyl (C=O) groups is 1. The molecule has 15 heavy (non-hydrogen) atoms. The highest BCUT2D eigenvalue weighted by molar-refractivity contribution is 5.90. The number of aromatic nitrogens is 1. The molecule has 1 aromatic heterocycles. The van der Waals surface area contributed by atoms with Crippen LogP contribution in [0.25, 0.3) is 0 Å². The second-order valence-corrected chi connectivity index (χ2v) is 3.70. The van der Waals surface area contributed by atoms with Gasteiger partial charge in [-0.2, -0.15) is 0 Å². The number of rotatable bonds is 3. The van der Waals surface area contributed by atoms with Gasteiger partial charge in [-0.15, -0.1) is 0 Å². The van der Waals surface area contributed by atoms with Crippen LogP contribution in [0.5, 0.6) is 5.75 Å². The molecule has 1 saturated heterocycles.